The minimum Gasteiger partial charge on any atom is -0.346 e. The van der Waals surface area contributed by atoms with Gasteiger partial charge in [0, 0.05) is 25.1 Å². The van der Waals surface area contributed by atoms with Gasteiger partial charge in [-0.05, 0) is 29.3 Å². The van der Waals surface area contributed by atoms with E-state index in [1.54, 1.807) is 6.33 Å². The summed E-state index contributed by atoms with van der Waals surface area (Å²) in [6, 6.07) is 8.25. The van der Waals surface area contributed by atoms with Crippen molar-refractivity contribution in [1.82, 2.24) is 14.5 Å². The summed E-state index contributed by atoms with van der Waals surface area (Å²) >= 11 is 0. The van der Waals surface area contributed by atoms with Gasteiger partial charge in [-0.2, -0.15) is 0 Å². The van der Waals surface area contributed by atoms with Gasteiger partial charge in [0.05, 0.1) is 12.1 Å². The largest absolute Gasteiger partial charge is 0.346 e. The molecule has 0 saturated carbocycles. The third-order valence-electron chi connectivity index (χ3n) is 3.56. The van der Waals surface area contributed by atoms with Crippen molar-refractivity contribution < 1.29 is 0 Å². The first-order valence-corrected chi connectivity index (χ1v) is 6.47. The third kappa shape index (κ3) is 1.67. The molecule has 5 heteroatoms. The summed E-state index contributed by atoms with van der Waals surface area (Å²) in [5.74, 6) is 0.817. The molecule has 0 saturated heterocycles. The summed E-state index contributed by atoms with van der Waals surface area (Å²) in [6.07, 6.45) is 5.48. The average molecular weight is 263 g/mol. The molecular formula is C15H13N5. The molecule has 1 N–H and O–H groups in total. The highest BCUT2D eigenvalue weighted by atomic mass is 15.1. The van der Waals surface area contributed by atoms with E-state index >= 15 is 0 Å². The Kier molecular flexibility index (Phi) is 2.32. The smallest absolute Gasteiger partial charge is 0.158 e. The first kappa shape index (κ1) is 11.2. The van der Waals surface area contributed by atoms with Gasteiger partial charge >= 0.3 is 0 Å². The van der Waals surface area contributed by atoms with Crippen molar-refractivity contribution in [3.63, 3.8) is 0 Å². The number of hydrogen-bond donors (Lipinski definition) is 1. The zero-order valence-corrected chi connectivity index (χ0v) is 11.0. The normalized spacial score (nSPS) is 12.8. The Labute approximate surface area is 116 Å². The van der Waals surface area contributed by atoms with Gasteiger partial charge in [0.15, 0.2) is 5.82 Å². The van der Waals surface area contributed by atoms with Crippen molar-refractivity contribution in [2.24, 2.45) is 12.0 Å². The Morgan fingerprint density at radius 3 is 3.10 bits per heavy atom. The number of rotatable bonds is 2. The van der Waals surface area contributed by atoms with E-state index < -0.39 is 0 Å². The van der Waals surface area contributed by atoms with E-state index in [1.807, 2.05) is 30.1 Å². The lowest BCUT2D eigenvalue weighted by Gasteiger charge is -2.09. The molecule has 98 valence electrons. The van der Waals surface area contributed by atoms with Crippen LogP contribution in [-0.4, -0.2) is 20.7 Å². The lowest BCUT2D eigenvalue weighted by atomic mass is 10.1. The number of aryl methyl sites for hydroxylation is 1. The number of hydrogen-bond acceptors (Lipinski definition) is 4. The van der Waals surface area contributed by atoms with Gasteiger partial charge in [-0.3, -0.25) is 4.99 Å². The lowest BCUT2D eigenvalue weighted by molar-refractivity contribution is 0.964. The molecule has 20 heavy (non-hydrogen) atoms. The number of nitrogens with one attached hydrogen (secondary N) is 1. The Balaban J connectivity index is 1.77. The van der Waals surface area contributed by atoms with Crippen molar-refractivity contribution in [2.45, 2.75) is 6.54 Å². The molecule has 0 aliphatic carbocycles. The van der Waals surface area contributed by atoms with Gasteiger partial charge in [0.2, 0.25) is 0 Å². The minimum absolute atomic E-state index is 0.783. The van der Waals surface area contributed by atoms with Crippen LogP contribution >= 0.6 is 0 Å². The number of aliphatic imine (C=N–C) groups is 1. The van der Waals surface area contributed by atoms with Gasteiger partial charge in [-0.1, -0.05) is 6.07 Å². The van der Waals surface area contributed by atoms with Crippen molar-refractivity contribution in [2.75, 3.05) is 5.32 Å². The van der Waals surface area contributed by atoms with Gasteiger partial charge in [-0.15, -0.1) is 0 Å². The van der Waals surface area contributed by atoms with E-state index in [4.69, 9.17) is 0 Å². The van der Waals surface area contributed by atoms with Crippen LogP contribution in [0.1, 0.15) is 11.1 Å². The van der Waals surface area contributed by atoms with Crippen LogP contribution in [0.5, 0.6) is 0 Å². The minimum atomic E-state index is 0.783. The summed E-state index contributed by atoms with van der Waals surface area (Å²) in [5, 5.41) is 3.37. The highest BCUT2D eigenvalue weighted by Gasteiger charge is 2.10. The van der Waals surface area contributed by atoms with E-state index in [9.17, 15) is 0 Å². The quantitative estimate of drug-likeness (QED) is 0.773. The molecule has 2 aromatic heterocycles. The van der Waals surface area contributed by atoms with Crippen LogP contribution in [0, 0.1) is 0 Å². The van der Waals surface area contributed by atoms with Crippen LogP contribution in [0.4, 0.5) is 11.5 Å². The van der Waals surface area contributed by atoms with Crippen molar-refractivity contribution in [3.8, 4) is 0 Å². The molecule has 0 unspecified atom stereocenters. The molecule has 1 aliphatic heterocycles. The zero-order valence-electron chi connectivity index (χ0n) is 11.0. The molecule has 0 radical (unpaired) electrons. The molecule has 3 heterocycles. The first-order chi connectivity index (χ1) is 9.81. The Morgan fingerprint density at radius 1 is 1.20 bits per heavy atom. The summed E-state index contributed by atoms with van der Waals surface area (Å²) in [5.41, 5.74) is 5.39. The maximum absolute atomic E-state index is 4.35. The average Bonchev–Trinajstić information content (AvgIpc) is 3.06. The highest BCUT2D eigenvalue weighted by molar-refractivity contribution is 5.90. The maximum Gasteiger partial charge on any atom is 0.158 e. The number of anilines is 2. The molecule has 0 spiro atoms. The fourth-order valence-corrected chi connectivity index (χ4v) is 2.53. The van der Waals surface area contributed by atoms with Crippen LogP contribution in [0.15, 0.2) is 41.8 Å². The second-order valence-corrected chi connectivity index (χ2v) is 4.89. The third-order valence-corrected chi connectivity index (χ3v) is 3.56. The molecule has 0 fully saturated rings. The molecule has 0 bridgehead atoms. The van der Waals surface area contributed by atoms with Crippen LogP contribution in [0.3, 0.4) is 0 Å². The molecular weight excluding hydrogens is 250 g/mol. The topological polar surface area (TPSA) is 55.1 Å². The van der Waals surface area contributed by atoms with Gasteiger partial charge in [0.25, 0.3) is 0 Å². The fourth-order valence-electron chi connectivity index (χ4n) is 2.53. The summed E-state index contributed by atoms with van der Waals surface area (Å²) in [6.45, 7) is 0.783. The summed E-state index contributed by atoms with van der Waals surface area (Å²) < 4.78 is 2.02. The van der Waals surface area contributed by atoms with Gasteiger partial charge < -0.3 is 9.88 Å². The molecule has 1 aliphatic rings. The van der Waals surface area contributed by atoms with E-state index in [0.717, 1.165) is 29.1 Å². The lowest BCUT2D eigenvalue weighted by Crippen LogP contribution is -1.99. The number of fused-ring (bicyclic) bond motifs is 2. The second kappa shape index (κ2) is 4.16. The Bertz CT molecular complexity index is 831. The Hall–Kier alpha value is -2.69. The standard InChI is InChI=1S/C15H13N5/c1-20-5-4-13-14(20)15(18-9-17-13)19-12-3-2-10-7-16-8-11(10)6-12/h2-6,8-9H,7H2,1H3,(H,17,18,19). The monoisotopic (exact) mass is 263 g/mol. The molecule has 1 aromatic carbocycles. The SMILES string of the molecule is Cn1ccc2ncnc(Nc3ccc4c(c3)C=NC4)c21. The number of benzene rings is 1. The van der Waals surface area contributed by atoms with E-state index in [2.05, 4.69) is 38.5 Å². The van der Waals surface area contributed by atoms with Crippen LogP contribution in [0.2, 0.25) is 0 Å². The van der Waals surface area contributed by atoms with E-state index in [1.165, 1.54) is 11.1 Å². The number of aromatic nitrogens is 3. The van der Waals surface area contributed by atoms with Crippen LogP contribution in [0.25, 0.3) is 11.0 Å². The predicted molar refractivity (Wildman–Crippen MR) is 79.5 cm³/mol. The maximum atomic E-state index is 4.35. The highest BCUT2D eigenvalue weighted by Crippen LogP contribution is 2.25. The molecule has 3 aromatic rings. The first-order valence-electron chi connectivity index (χ1n) is 6.47. The van der Waals surface area contributed by atoms with Crippen molar-refractivity contribution in [1.29, 1.82) is 0 Å². The summed E-state index contributed by atoms with van der Waals surface area (Å²) in [7, 11) is 1.99. The van der Waals surface area contributed by atoms with Gasteiger partial charge in [-0.25, -0.2) is 9.97 Å². The molecule has 0 amide bonds. The molecule has 0 atom stereocenters. The number of nitrogens with zero attached hydrogens (tertiary/aromatic N) is 4. The Morgan fingerprint density at radius 2 is 2.15 bits per heavy atom. The zero-order chi connectivity index (χ0) is 13.5. The predicted octanol–water partition coefficient (Wildman–Crippen LogP) is 2.64. The van der Waals surface area contributed by atoms with E-state index in [-0.39, 0.29) is 0 Å². The molecule has 4 rings (SSSR count). The van der Waals surface area contributed by atoms with Crippen LogP contribution in [-0.2, 0) is 13.6 Å². The fraction of sp³-hybridized carbons (Fsp3) is 0.133. The van der Waals surface area contributed by atoms with Crippen molar-refractivity contribution in [3.05, 3.63) is 47.9 Å². The summed E-state index contributed by atoms with van der Waals surface area (Å²) in [4.78, 5) is 12.9. The van der Waals surface area contributed by atoms with E-state index in [0.29, 0.717) is 0 Å². The molecule has 5 nitrogen and oxygen atoms in total. The van der Waals surface area contributed by atoms with Crippen molar-refractivity contribution >= 4 is 28.8 Å². The van der Waals surface area contributed by atoms with Gasteiger partial charge in [0.1, 0.15) is 11.8 Å². The second-order valence-electron chi connectivity index (χ2n) is 4.89. The van der Waals surface area contributed by atoms with Crippen LogP contribution < -0.4 is 5.32 Å².